The Balaban J connectivity index is 1.55. The molecule has 0 aromatic rings. The van der Waals surface area contributed by atoms with Gasteiger partial charge in [-0.1, -0.05) is 30.7 Å². The highest BCUT2D eigenvalue weighted by atomic mass is 16.6. The molecule has 3 heterocycles. The molecular formula is C27H32O9. The Kier molecular flexibility index (Phi) is 6.21. The molecule has 2 aliphatic carbocycles. The topological polar surface area (TPSA) is 121 Å². The molecule has 9 nitrogen and oxygen atoms in total. The van der Waals surface area contributed by atoms with Gasteiger partial charge in [0.15, 0.2) is 0 Å². The summed E-state index contributed by atoms with van der Waals surface area (Å²) in [5.41, 5.74) is -0.880. The third-order valence-electron chi connectivity index (χ3n) is 8.73. The fourth-order valence-corrected chi connectivity index (χ4v) is 6.46. The molecule has 0 amide bonds. The fraction of sp³-hybridized carbons (Fsp3) is 0.593. The van der Waals surface area contributed by atoms with Crippen LogP contribution in [0.3, 0.4) is 0 Å². The Hall–Kier alpha value is -2.75. The molecule has 36 heavy (non-hydrogen) atoms. The van der Waals surface area contributed by atoms with Gasteiger partial charge in [0.1, 0.15) is 18.3 Å². The van der Waals surface area contributed by atoms with E-state index in [0.717, 1.165) is 5.57 Å². The van der Waals surface area contributed by atoms with Crippen molar-refractivity contribution in [1.29, 1.82) is 0 Å². The first-order valence-corrected chi connectivity index (χ1v) is 12.3. The summed E-state index contributed by atoms with van der Waals surface area (Å²) in [6, 6.07) is 0. The molecular weight excluding hydrogens is 468 g/mol. The maximum atomic E-state index is 12.8. The second-order valence-corrected chi connectivity index (χ2v) is 10.6. The van der Waals surface area contributed by atoms with E-state index in [0.29, 0.717) is 25.0 Å². The highest BCUT2D eigenvalue weighted by molar-refractivity contribution is 5.85. The zero-order valence-corrected chi connectivity index (χ0v) is 20.7. The van der Waals surface area contributed by atoms with Gasteiger partial charge in [0.25, 0.3) is 0 Å². The van der Waals surface area contributed by atoms with Crippen LogP contribution in [0.4, 0.5) is 0 Å². The summed E-state index contributed by atoms with van der Waals surface area (Å²) in [5, 5.41) is 10.9. The summed E-state index contributed by atoms with van der Waals surface area (Å²) < 4.78 is 29.5. The zero-order chi connectivity index (χ0) is 25.7. The van der Waals surface area contributed by atoms with Gasteiger partial charge in [-0.2, -0.15) is 0 Å². The lowest BCUT2D eigenvalue weighted by Crippen LogP contribution is -2.68. The molecule has 1 unspecified atom stereocenters. The Morgan fingerprint density at radius 2 is 1.69 bits per heavy atom. The van der Waals surface area contributed by atoms with Crippen LogP contribution >= 0.6 is 0 Å². The van der Waals surface area contributed by atoms with Gasteiger partial charge in [0.05, 0.1) is 36.9 Å². The molecule has 0 radical (unpaired) electrons. The van der Waals surface area contributed by atoms with Crippen LogP contribution in [0, 0.1) is 10.8 Å². The van der Waals surface area contributed by atoms with Gasteiger partial charge >= 0.3 is 17.9 Å². The van der Waals surface area contributed by atoms with Crippen molar-refractivity contribution >= 4 is 17.9 Å². The molecule has 0 aromatic heterocycles. The first-order valence-electron chi connectivity index (χ1n) is 12.3. The molecule has 0 aromatic carbocycles. The summed E-state index contributed by atoms with van der Waals surface area (Å²) in [6.45, 7) is 6.10. The number of carbonyl (C=O) groups is 3. The molecule has 2 spiro atoms. The van der Waals surface area contributed by atoms with Crippen LogP contribution in [0.25, 0.3) is 0 Å². The lowest BCUT2D eigenvalue weighted by Gasteiger charge is -2.58. The predicted octanol–water partition coefficient (Wildman–Crippen LogP) is 2.09. The van der Waals surface area contributed by atoms with E-state index >= 15 is 0 Å². The minimum Gasteiger partial charge on any atom is -0.462 e. The van der Waals surface area contributed by atoms with E-state index in [2.05, 4.69) is 0 Å². The van der Waals surface area contributed by atoms with Crippen molar-refractivity contribution in [3.05, 3.63) is 47.6 Å². The number of aliphatic hydroxyl groups excluding tert-OH is 1. The minimum absolute atomic E-state index is 0.0446. The number of aliphatic hydroxyl groups is 1. The lowest BCUT2D eigenvalue weighted by molar-refractivity contribution is -0.238. The van der Waals surface area contributed by atoms with Crippen LogP contribution in [0.5, 0.6) is 0 Å². The van der Waals surface area contributed by atoms with E-state index in [4.69, 9.17) is 23.7 Å². The second-order valence-electron chi connectivity index (χ2n) is 10.6. The third-order valence-corrected chi connectivity index (χ3v) is 8.73. The first-order chi connectivity index (χ1) is 17.1. The van der Waals surface area contributed by atoms with Gasteiger partial charge in [-0.3, -0.25) is 0 Å². The van der Waals surface area contributed by atoms with Crippen molar-refractivity contribution in [3.8, 4) is 0 Å². The number of carbonyl (C=O) groups excluding carboxylic acids is 3. The molecule has 9 heteroatoms. The Bertz CT molecular complexity index is 1080. The third kappa shape index (κ3) is 3.84. The van der Waals surface area contributed by atoms with Crippen LogP contribution in [0.1, 0.15) is 40.0 Å². The number of epoxide rings is 1. The summed E-state index contributed by atoms with van der Waals surface area (Å²) in [5.74, 6) is -1.67. The van der Waals surface area contributed by atoms with Gasteiger partial charge in [0.2, 0.25) is 0 Å². The van der Waals surface area contributed by atoms with Crippen molar-refractivity contribution < 1.29 is 43.2 Å². The van der Waals surface area contributed by atoms with Gasteiger partial charge in [-0.05, 0) is 25.8 Å². The molecule has 194 valence electrons. The van der Waals surface area contributed by atoms with Gasteiger partial charge in [0, 0.05) is 36.5 Å². The zero-order valence-electron chi connectivity index (χ0n) is 20.7. The Morgan fingerprint density at radius 3 is 2.42 bits per heavy atom. The molecule has 1 saturated carbocycles. The smallest absolute Gasteiger partial charge is 0.331 e. The van der Waals surface area contributed by atoms with E-state index in [-0.39, 0.29) is 25.7 Å². The van der Waals surface area contributed by atoms with E-state index in [1.807, 2.05) is 19.9 Å². The predicted molar refractivity (Wildman–Crippen MR) is 125 cm³/mol. The van der Waals surface area contributed by atoms with Crippen molar-refractivity contribution in [2.45, 2.75) is 70.1 Å². The number of hydrogen-bond acceptors (Lipinski definition) is 9. The molecule has 3 fully saturated rings. The summed E-state index contributed by atoms with van der Waals surface area (Å²) in [4.78, 5) is 37.4. The normalized spacial score (nSPS) is 42.8. The average molecular weight is 501 g/mol. The number of ether oxygens (including phenoxy) is 5. The Labute approximate surface area is 209 Å². The molecule has 2 saturated heterocycles. The molecule has 7 atom stereocenters. The standard InChI is InChI=1S/C27H32O9/c1-16-8-9-32-22(29)6-4-5-7-23(30)36-19-12-21-27(15-34-27)25(19,3)26(14-33-24(31)10-16)13-18(28)17(2)11-20(26)35-21/h4-7,10-11,18-21,28H,8-9,12-15H2,1-3H3/t18-,19+,20+,21+,25+,26+,27?/m0/s1. The molecule has 5 aliphatic rings. The number of esters is 3. The lowest BCUT2D eigenvalue weighted by atomic mass is 9.51. The maximum absolute atomic E-state index is 12.8. The van der Waals surface area contributed by atoms with E-state index < -0.39 is 52.7 Å². The van der Waals surface area contributed by atoms with Crippen molar-refractivity contribution in [2.75, 3.05) is 19.8 Å². The van der Waals surface area contributed by atoms with Crippen LogP contribution < -0.4 is 0 Å². The largest absolute Gasteiger partial charge is 0.462 e. The molecule has 2 bridgehead atoms. The SMILES string of the molecule is CC1=CC(=O)OC[C@]23C[C@H](O)C(C)=C[C@H]2O[C@@H]2C[C@@H](OC(=O)C=CC=CC(=O)OCC1)[C@@]3(C)C21CO1. The van der Waals surface area contributed by atoms with Crippen molar-refractivity contribution in [1.82, 2.24) is 0 Å². The molecule has 3 aliphatic heterocycles. The van der Waals surface area contributed by atoms with Crippen LogP contribution in [-0.4, -0.2) is 72.9 Å². The number of hydrogen-bond donors (Lipinski definition) is 1. The second kappa shape index (κ2) is 8.97. The first kappa shape index (κ1) is 24.9. The molecule has 1 N–H and O–H groups in total. The fourth-order valence-electron chi connectivity index (χ4n) is 6.46. The highest BCUT2D eigenvalue weighted by Crippen LogP contribution is 2.72. The number of cyclic esters (lactones) is 2. The van der Waals surface area contributed by atoms with Gasteiger partial charge in [-0.25, -0.2) is 14.4 Å². The highest BCUT2D eigenvalue weighted by Gasteiger charge is 2.83. The molecule has 5 rings (SSSR count). The summed E-state index contributed by atoms with van der Waals surface area (Å²) in [6.07, 6.45) is 7.53. The van der Waals surface area contributed by atoms with Crippen molar-refractivity contribution in [2.24, 2.45) is 10.8 Å². The summed E-state index contributed by atoms with van der Waals surface area (Å²) in [7, 11) is 0. The van der Waals surface area contributed by atoms with E-state index in [1.54, 1.807) is 6.92 Å². The monoisotopic (exact) mass is 500 g/mol. The minimum atomic E-state index is -0.887. The van der Waals surface area contributed by atoms with Crippen molar-refractivity contribution in [3.63, 3.8) is 0 Å². The number of allylic oxidation sites excluding steroid dienone is 2. The van der Waals surface area contributed by atoms with Crippen LogP contribution in [0.2, 0.25) is 0 Å². The van der Waals surface area contributed by atoms with Gasteiger partial charge < -0.3 is 28.8 Å². The van der Waals surface area contributed by atoms with E-state index in [9.17, 15) is 19.5 Å². The number of rotatable bonds is 0. The maximum Gasteiger partial charge on any atom is 0.331 e. The van der Waals surface area contributed by atoms with Crippen LogP contribution in [-0.2, 0) is 38.1 Å². The quantitative estimate of drug-likeness (QED) is 0.231. The van der Waals surface area contributed by atoms with E-state index in [1.165, 1.54) is 30.4 Å². The average Bonchev–Trinajstić information content (AvgIpc) is 3.59. The van der Waals surface area contributed by atoms with Crippen LogP contribution in [0.15, 0.2) is 47.6 Å². The Morgan fingerprint density at radius 1 is 0.972 bits per heavy atom. The van der Waals surface area contributed by atoms with Gasteiger partial charge in [-0.15, -0.1) is 0 Å². The summed E-state index contributed by atoms with van der Waals surface area (Å²) >= 11 is 0.